The zero-order valence-corrected chi connectivity index (χ0v) is 11.2. The molecule has 1 atom stereocenters. The van der Waals surface area contributed by atoms with E-state index in [2.05, 4.69) is 36.8 Å². The average molecular weight is 243 g/mol. The number of nitrogens with zero attached hydrogens (tertiary/aromatic N) is 1. The fraction of sp³-hybridized carbons (Fsp3) is 0.500. The van der Waals surface area contributed by atoms with Crippen molar-refractivity contribution in [2.24, 2.45) is 0 Å². The zero-order chi connectivity index (χ0) is 13.0. The fourth-order valence-electron chi connectivity index (χ4n) is 2.25. The molecule has 0 aliphatic carbocycles. The molecule has 1 aromatic carbocycles. The highest BCUT2D eigenvalue weighted by Gasteiger charge is 2.32. The van der Waals surface area contributed by atoms with Crippen molar-refractivity contribution in [1.29, 1.82) is 0 Å². The van der Waals surface area contributed by atoms with Gasteiger partial charge in [0.05, 0.1) is 18.2 Å². The third-order valence-corrected chi connectivity index (χ3v) is 3.62. The molecule has 0 radical (unpaired) electrons. The van der Waals surface area contributed by atoms with Crippen LogP contribution in [-0.2, 0) is 11.3 Å². The largest absolute Gasteiger partial charge is 0.372 e. The maximum Gasteiger partial charge on any atom is 0.0767 e. The van der Waals surface area contributed by atoms with Gasteiger partial charge < -0.3 is 4.74 Å². The van der Waals surface area contributed by atoms with Crippen LogP contribution in [0, 0.1) is 12.3 Å². The number of ether oxygens (including phenoxy) is 1. The van der Waals surface area contributed by atoms with Crippen LogP contribution in [-0.4, -0.2) is 29.6 Å². The molecule has 1 aliphatic heterocycles. The van der Waals surface area contributed by atoms with Crippen molar-refractivity contribution in [3.63, 3.8) is 0 Å². The molecule has 0 spiro atoms. The molecule has 0 unspecified atom stereocenters. The van der Waals surface area contributed by atoms with Gasteiger partial charge in [0.2, 0.25) is 0 Å². The molecule has 1 aliphatic rings. The lowest BCUT2D eigenvalue weighted by Gasteiger charge is -2.30. The second-order valence-corrected chi connectivity index (χ2v) is 5.36. The Balaban J connectivity index is 1.82. The number of hydrogen-bond donors (Lipinski definition) is 0. The second kappa shape index (κ2) is 5.56. The number of benzene rings is 1. The summed E-state index contributed by atoms with van der Waals surface area (Å²) in [5.74, 6) is 2.85. The van der Waals surface area contributed by atoms with Crippen LogP contribution < -0.4 is 0 Å². The van der Waals surface area contributed by atoms with Crippen LogP contribution in [0.1, 0.15) is 25.8 Å². The molecule has 0 saturated carbocycles. The van der Waals surface area contributed by atoms with Crippen LogP contribution in [0.3, 0.4) is 0 Å². The van der Waals surface area contributed by atoms with Crippen molar-refractivity contribution < 1.29 is 4.74 Å². The summed E-state index contributed by atoms with van der Waals surface area (Å²) >= 11 is 0. The SMILES string of the molecule is C#CC(C)(C)N1CC[C@@H](OCc2ccccc2)C1. The predicted octanol–water partition coefficient (Wildman–Crippen LogP) is 2.69. The highest BCUT2D eigenvalue weighted by Crippen LogP contribution is 2.22. The Hall–Kier alpha value is -1.30. The molecule has 2 heteroatoms. The van der Waals surface area contributed by atoms with Crippen LogP contribution in [0.4, 0.5) is 0 Å². The molecule has 2 nitrogen and oxygen atoms in total. The van der Waals surface area contributed by atoms with Gasteiger partial charge in [0.15, 0.2) is 0 Å². The number of terminal acetylenes is 1. The van der Waals surface area contributed by atoms with Crippen molar-refractivity contribution >= 4 is 0 Å². The lowest BCUT2D eigenvalue weighted by Crippen LogP contribution is -2.41. The Labute approximate surface area is 110 Å². The number of hydrogen-bond acceptors (Lipinski definition) is 2. The van der Waals surface area contributed by atoms with E-state index in [0.29, 0.717) is 12.7 Å². The Morgan fingerprint density at radius 3 is 2.78 bits per heavy atom. The van der Waals surface area contributed by atoms with E-state index >= 15 is 0 Å². The third-order valence-electron chi connectivity index (χ3n) is 3.62. The summed E-state index contributed by atoms with van der Waals surface area (Å²) in [5, 5.41) is 0. The zero-order valence-electron chi connectivity index (χ0n) is 11.2. The summed E-state index contributed by atoms with van der Waals surface area (Å²) < 4.78 is 5.95. The minimum absolute atomic E-state index is 0.162. The molecule has 1 heterocycles. The van der Waals surface area contributed by atoms with Crippen LogP contribution in [0.2, 0.25) is 0 Å². The van der Waals surface area contributed by atoms with Gasteiger partial charge in [-0.15, -0.1) is 6.42 Å². The molecule has 0 aromatic heterocycles. The van der Waals surface area contributed by atoms with Gasteiger partial charge >= 0.3 is 0 Å². The molecular formula is C16H21NO. The van der Waals surface area contributed by atoms with Crippen molar-refractivity contribution in [2.45, 2.75) is 38.5 Å². The van der Waals surface area contributed by atoms with Gasteiger partial charge in [-0.2, -0.15) is 0 Å². The first-order chi connectivity index (χ1) is 8.62. The van der Waals surface area contributed by atoms with E-state index in [-0.39, 0.29) is 5.54 Å². The van der Waals surface area contributed by atoms with Crippen molar-refractivity contribution in [1.82, 2.24) is 4.90 Å². The van der Waals surface area contributed by atoms with Gasteiger partial charge in [-0.05, 0) is 25.8 Å². The van der Waals surface area contributed by atoms with Crippen molar-refractivity contribution in [2.75, 3.05) is 13.1 Å². The van der Waals surface area contributed by atoms with Crippen molar-refractivity contribution in [3.05, 3.63) is 35.9 Å². The highest BCUT2D eigenvalue weighted by molar-refractivity contribution is 5.13. The normalized spacial score (nSPS) is 20.8. The molecule has 96 valence electrons. The van der Waals surface area contributed by atoms with Crippen LogP contribution in [0.25, 0.3) is 0 Å². The van der Waals surface area contributed by atoms with Crippen LogP contribution in [0.5, 0.6) is 0 Å². The number of rotatable bonds is 4. The Morgan fingerprint density at radius 2 is 2.11 bits per heavy atom. The first kappa shape index (κ1) is 13.1. The minimum Gasteiger partial charge on any atom is -0.372 e. The van der Waals surface area contributed by atoms with E-state index in [4.69, 9.17) is 11.2 Å². The molecule has 0 bridgehead atoms. The van der Waals surface area contributed by atoms with Gasteiger partial charge in [0.25, 0.3) is 0 Å². The van der Waals surface area contributed by atoms with Gasteiger partial charge in [0, 0.05) is 13.1 Å². The maximum absolute atomic E-state index is 5.95. The minimum atomic E-state index is -0.162. The molecule has 1 fully saturated rings. The monoisotopic (exact) mass is 243 g/mol. The summed E-state index contributed by atoms with van der Waals surface area (Å²) in [4.78, 5) is 2.32. The Morgan fingerprint density at radius 1 is 1.39 bits per heavy atom. The quantitative estimate of drug-likeness (QED) is 0.754. The molecular weight excluding hydrogens is 222 g/mol. The molecule has 2 rings (SSSR count). The fourth-order valence-corrected chi connectivity index (χ4v) is 2.25. The average Bonchev–Trinajstić information content (AvgIpc) is 2.87. The van der Waals surface area contributed by atoms with E-state index in [1.54, 1.807) is 0 Å². The molecule has 1 aromatic rings. The highest BCUT2D eigenvalue weighted by atomic mass is 16.5. The van der Waals surface area contributed by atoms with E-state index in [1.165, 1.54) is 5.56 Å². The lowest BCUT2D eigenvalue weighted by molar-refractivity contribution is 0.0410. The van der Waals surface area contributed by atoms with Gasteiger partial charge in [-0.3, -0.25) is 4.90 Å². The first-order valence-electron chi connectivity index (χ1n) is 6.50. The van der Waals surface area contributed by atoms with Crippen molar-refractivity contribution in [3.8, 4) is 12.3 Å². The Kier molecular flexibility index (Phi) is 4.06. The van der Waals surface area contributed by atoms with E-state index < -0.39 is 0 Å². The summed E-state index contributed by atoms with van der Waals surface area (Å²) in [6.07, 6.45) is 6.94. The van der Waals surface area contributed by atoms with Gasteiger partial charge in [-0.1, -0.05) is 36.3 Å². The molecule has 18 heavy (non-hydrogen) atoms. The maximum atomic E-state index is 5.95. The van der Waals surface area contributed by atoms with E-state index in [0.717, 1.165) is 19.5 Å². The summed E-state index contributed by atoms with van der Waals surface area (Å²) in [6, 6.07) is 10.3. The number of likely N-dealkylation sites (tertiary alicyclic amines) is 1. The second-order valence-electron chi connectivity index (χ2n) is 5.36. The van der Waals surface area contributed by atoms with Crippen LogP contribution in [0.15, 0.2) is 30.3 Å². The molecule has 0 amide bonds. The van der Waals surface area contributed by atoms with Gasteiger partial charge in [0.1, 0.15) is 0 Å². The Bertz CT molecular complexity index is 418. The predicted molar refractivity (Wildman–Crippen MR) is 74.1 cm³/mol. The summed E-state index contributed by atoms with van der Waals surface area (Å²) in [6.45, 7) is 6.83. The summed E-state index contributed by atoms with van der Waals surface area (Å²) in [7, 11) is 0. The topological polar surface area (TPSA) is 12.5 Å². The standard InChI is InChI=1S/C16H21NO/c1-4-16(2,3)17-11-10-15(12-17)18-13-14-8-6-5-7-9-14/h1,5-9,15H,10-13H2,2-3H3/t15-/m1/s1. The lowest BCUT2D eigenvalue weighted by atomic mass is 10.1. The van der Waals surface area contributed by atoms with Gasteiger partial charge in [-0.25, -0.2) is 0 Å². The first-order valence-corrected chi connectivity index (χ1v) is 6.50. The smallest absolute Gasteiger partial charge is 0.0767 e. The molecule has 1 saturated heterocycles. The van der Waals surface area contributed by atoms with E-state index in [1.807, 2.05) is 18.2 Å². The third kappa shape index (κ3) is 3.13. The van der Waals surface area contributed by atoms with Crippen LogP contribution >= 0.6 is 0 Å². The summed E-state index contributed by atoms with van der Waals surface area (Å²) in [5.41, 5.74) is 1.07. The molecule has 0 N–H and O–H groups in total. The van der Waals surface area contributed by atoms with E-state index in [9.17, 15) is 0 Å².